The molecule has 0 radical (unpaired) electrons. The van der Waals surface area contributed by atoms with Crippen LogP contribution in [0.2, 0.25) is 0 Å². The minimum absolute atomic E-state index is 0. The number of carbonyl (C=O) groups is 5. The summed E-state index contributed by atoms with van der Waals surface area (Å²) < 4.78 is 10.8. The Hall–Kier alpha value is -4.45. The Kier molecular flexibility index (Phi) is 11.7. The third kappa shape index (κ3) is 8.56. The molecule has 2 aromatic carbocycles. The van der Waals surface area contributed by atoms with E-state index in [0.29, 0.717) is 43.8 Å². The molecular weight excluding hydrogens is 568 g/mol. The van der Waals surface area contributed by atoms with Gasteiger partial charge < -0.3 is 30.3 Å². The molecule has 3 N–H and O–H groups in total. The van der Waals surface area contributed by atoms with E-state index in [1.54, 1.807) is 18.2 Å². The van der Waals surface area contributed by atoms with Gasteiger partial charge in [0.25, 0.3) is 11.8 Å². The number of carbonyl (C=O) groups excluding carboxylic acids is 5. The van der Waals surface area contributed by atoms with Crippen molar-refractivity contribution >= 4 is 35.5 Å². The zero-order chi connectivity index (χ0) is 31.5. The number of hydrogen-bond donors (Lipinski definition) is 3. The second kappa shape index (κ2) is 15.9. The highest BCUT2D eigenvalue weighted by atomic mass is 16.8. The van der Waals surface area contributed by atoms with E-state index in [4.69, 9.17) is 14.3 Å². The molecule has 1 heterocycles. The van der Waals surface area contributed by atoms with Crippen molar-refractivity contribution in [3.05, 3.63) is 53.1 Å². The monoisotopic (exact) mass is 614 g/mol. The van der Waals surface area contributed by atoms with Gasteiger partial charge in [0.2, 0.25) is 11.8 Å². The van der Waals surface area contributed by atoms with Crippen molar-refractivity contribution in [3.8, 4) is 11.1 Å². The standard InChI is InChI=1S/C32H40N4O8.3H2/c1-3-14-33-28(37)7-5-8-29(38)35-22-11-13-24-23-12-10-21(31(40)34-15-4-2)17-25(23)27(26(24)18-22)19-43-32(41)44-36-20-42-16-6-9-30(36)39;;;/h10-13,17-18,27H,3-9,14-16,19-20H2,1-2H3,(H,33,37)(H,34,40)(H,35,38);3*1H. The van der Waals surface area contributed by atoms with Crippen LogP contribution in [0.1, 0.15) is 90.5 Å². The predicted octanol–water partition coefficient (Wildman–Crippen LogP) is 4.98. The number of fused-ring (bicyclic) bond motifs is 3. The Balaban J connectivity index is 0.00000368. The normalized spacial score (nSPS) is 15.5. The third-order valence-electron chi connectivity index (χ3n) is 7.32. The summed E-state index contributed by atoms with van der Waals surface area (Å²) in [4.78, 5) is 67.2. The van der Waals surface area contributed by atoms with Gasteiger partial charge in [-0.1, -0.05) is 26.0 Å². The van der Waals surface area contributed by atoms with Crippen LogP contribution in [-0.2, 0) is 28.7 Å². The Bertz CT molecular complexity index is 1390. The maximum atomic E-state index is 12.7. The Labute approximate surface area is 261 Å². The number of anilines is 1. The fourth-order valence-corrected chi connectivity index (χ4v) is 5.10. The van der Waals surface area contributed by atoms with E-state index in [1.165, 1.54) is 0 Å². The fraction of sp³-hybridized carbons (Fsp3) is 0.469. The van der Waals surface area contributed by atoms with Crippen molar-refractivity contribution in [2.75, 3.05) is 38.4 Å². The minimum atomic E-state index is -1.05. The van der Waals surface area contributed by atoms with Gasteiger partial charge in [0, 0.05) is 60.4 Å². The fourth-order valence-electron chi connectivity index (χ4n) is 5.10. The summed E-state index contributed by atoms with van der Waals surface area (Å²) >= 11 is 0. The second-order valence-corrected chi connectivity index (χ2v) is 10.7. The SMILES string of the molecule is CCCNC(=O)CCCC(=O)Nc1ccc2c(c1)C(COC(=O)ON1COCCCC1=O)c1cc(C(=O)NCCC)ccc1-2.[HH].[HH].[HH]. The van der Waals surface area contributed by atoms with E-state index in [0.717, 1.165) is 40.2 Å². The molecule has 0 aromatic heterocycles. The molecule has 12 heteroatoms. The Morgan fingerprint density at radius 3 is 2.43 bits per heavy atom. The molecule has 1 fully saturated rings. The molecule has 1 saturated heterocycles. The van der Waals surface area contributed by atoms with Crippen LogP contribution in [-0.4, -0.2) is 67.9 Å². The first-order valence-electron chi connectivity index (χ1n) is 15.2. The number of hydroxylamine groups is 2. The van der Waals surface area contributed by atoms with Crippen molar-refractivity contribution < 1.29 is 42.6 Å². The average molecular weight is 615 g/mol. The van der Waals surface area contributed by atoms with E-state index < -0.39 is 12.1 Å². The highest BCUT2D eigenvalue weighted by Gasteiger charge is 2.32. The summed E-state index contributed by atoms with van der Waals surface area (Å²) in [7, 11) is 0. The van der Waals surface area contributed by atoms with Crippen molar-refractivity contribution in [1.82, 2.24) is 15.7 Å². The number of benzene rings is 2. The van der Waals surface area contributed by atoms with E-state index in [2.05, 4.69) is 16.0 Å². The lowest BCUT2D eigenvalue weighted by atomic mass is 9.96. The van der Waals surface area contributed by atoms with Crippen LogP contribution < -0.4 is 16.0 Å². The van der Waals surface area contributed by atoms with Crippen molar-refractivity contribution in [1.29, 1.82) is 0 Å². The second-order valence-electron chi connectivity index (χ2n) is 10.7. The molecule has 1 aliphatic carbocycles. The zero-order valence-corrected chi connectivity index (χ0v) is 25.2. The number of nitrogens with zero attached hydrogens (tertiary/aromatic N) is 1. The number of nitrogens with one attached hydrogen (secondary N) is 3. The van der Waals surface area contributed by atoms with Crippen LogP contribution in [0.15, 0.2) is 36.4 Å². The highest BCUT2D eigenvalue weighted by molar-refractivity contribution is 5.96. The van der Waals surface area contributed by atoms with Gasteiger partial charge in [0.05, 0.1) is 0 Å². The lowest BCUT2D eigenvalue weighted by Crippen LogP contribution is -2.34. The number of rotatable bonds is 13. The lowest BCUT2D eigenvalue weighted by molar-refractivity contribution is -0.190. The summed E-state index contributed by atoms with van der Waals surface area (Å²) in [6.07, 6.45) is 2.20. The van der Waals surface area contributed by atoms with Gasteiger partial charge in [-0.25, -0.2) is 4.79 Å². The first-order valence-corrected chi connectivity index (χ1v) is 15.2. The van der Waals surface area contributed by atoms with Gasteiger partial charge >= 0.3 is 6.16 Å². The van der Waals surface area contributed by atoms with Gasteiger partial charge in [-0.2, -0.15) is 0 Å². The van der Waals surface area contributed by atoms with Gasteiger partial charge in [0.1, 0.15) is 6.61 Å². The van der Waals surface area contributed by atoms with Crippen LogP contribution in [0.4, 0.5) is 10.5 Å². The minimum Gasteiger partial charge on any atom is -0.432 e. The largest absolute Gasteiger partial charge is 0.533 e. The number of amides is 4. The molecule has 12 nitrogen and oxygen atoms in total. The molecule has 44 heavy (non-hydrogen) atoms. The summed E-state index contributed by atoms with van der Waals surface area (Å²) in [5.41, 5.74) is 4.36. The molecule has 0 spiro atoms. The number of hydrogen-bond acceptors (Lipinski definition) is 8. The predicted molar refractivity (Wildman–Crippen MR) is 168 cm³/mol. The summed E-state index contributed by atoms with van der Waals surface area (Å²) in [6.45, 7) is 5.18. The van der Waals surface area contributed by atoms with Gasteiger partial charge in [-0.3, -0.25) is 19.2 Å². The summed E-state index contributed by atoms with van der Waals surface area (Å²) in [5.74, 6) is -1.35. The molecule has 0 bridgehead atoms. The highest BCUT2D eigenvalue weighted by Crippen LogP contribution is 2.46. The lowest BCUT2D eigenvalue weighted by Gasteiger charge is -2.19. The smallest absolute Gasteiger partial charge is 0.432 e. The maximum absolute atomic E-state index is 12.7. The third-order valence-corrected chi connectivity index (χ3v) is 7.32. The van der Waals surface area contributed by atoms with Crippen LogP contribution in [0.3, 0.4) is 0 Å². The van der Waals surface area contributed by atoms with Crippen LogP contribution in [0.25, 0.3) is 11.1 Å². The van der Waals surface area contributed by atoms with Crippen molar-refractivity contribution in [3.63, 3.8) is 0 Å². The first kappa shape index (κ1) is 32.5. The van der Waals surface area contributed by atoms with Crippen LogP contribution in [0.5, 0.6) is 0 Å². The van der Waals surface area contributed by atoms with Gasteiger partial charge in [-0.15, -0.1) is 5.06 Å². The zero-order valence-electron chi connectivity index (χ0n) is 25.2. The molecule has 242 valence electrons. The first-order chi connectivity index (χ1) is 21.3. The average Bonchev–Trinajstić information content (AvgIpc) is 3.17. The van der Waals surface area contributed by atoms with Crippen molar-refractivity contribution in [2.45, 2.75) is 64.7 Å². The number of ether oxygens (including phenoxy) is 2. The maximum Gasteiger partial charge on any atom is 0.533 e. The summed E-state index contributed by atoms with van der Waals surface area (Å²) in [5, 5.41) is 9.42. The molecule has 4 amide bonds. The van der Waals surface area contributed by atoms with Crippen LogP contribution in [0, 0.1) is 0 Å². The van der Waals surface area contributed by atoms with Crippen molar-refractivity contribution in [2.24, 2.45) is 0 Å². The van der Waals surface area contributed by atoms with E-state index in [1.807, 2.05) is 32.0 Å². The van der Waals surface area contributed by atoms with Crippen LogP contribution >= 0.6 is 0 Å². The van der Waals surface area contributed by atoms with E-state index >= 15 is 0 Å². The molecule has 1 atom stereocenters. The van der Waals surface area contributed by atoms with Gasteiger partial charge in [0.15, 0.2) is 6.73 Å². The quantitative estimate of drug-likeness (QED) is 0.267. The Morgan fingerprint density at radius 2 is 1.66 bits per heavy atom. The molecule has 1 aliphatic heterocycles. The molecule has 2 aliphatic rings. The van der Waals surface area contributed by atoms with E-state index in [-0.39, 0.29) is 60.5 Å². The summed E-state index contributed by atoms with van der Waals surface area (Å²) in [6, 6.07) is 10.9. The topological polar surface area (TPSA) is 152 Å². The molecular formula is C32H46N4O8. The molecule has 1 unspecified atom stereocenters. The molecule has 4 rings (SSSR count). The molecule has 2 aromatic rings. The van der Waals surface area contributed by atoms with E-state index in [9.17, 15) is 24.0 Å². The Morgan fingerprint density at radius 1 is 0.955 bits per heavy atom. The van der Waals surface area contributed by atoms with Gasteiger partial charge in [-0.05, 0) is 72.2 Å². The molecule has 0 saturated carbocycles.